The summed E-state index contributed by atoms with van der Waals surface area (Å²) in [6.07, 6.45) is 0. The van der Waals surface area contributed by atoms with E-state index in [1.807, 2.05) is 68.4 Å². The van der Waals surface area contributed by atoms with Gasteiger partial charge in [-0.3, -0.25) is 14.5 Å². The summed E-state index contributed by atoms with van der Waals surface area (Å²) < 4.78 is 0. The lowest BCUT2D eigenvalue weighted by Crippen LogP contribution is -2.44. The van der Waals surface area contributed by atoms with Crippen molar-refractivity contribution in [3.05, 3.63) is 71.3 Å². The third kappa shape index (κ3) is 3.76. The van der Waals surface area contributed by atoms with Crippen molar-refractivity contribution in [2.24, 2.45) is 0 Å². The average molecular weight is 379 g/mol. The zero-order chi connectivity index (χ0) is 20.3. The number of urea groups is 1. The Morgan fingerprint density at radius 1 is 1.07 bits per heavy atom. The highest BCUT2D eigenvalue weighted by atomic mass is 16.2. The molecule has 0 radical (unpaired) electrons. The van der Waals surface area contributed by atoms with Crippen LogP contribution in [0.25, 0.3) is 0 Å². The van der Waals surface area contributed by atoms with Gasteiger partial charge in [0.25, 0.3) is 5.91 Å². The first-order valence-electron chi connectivity index (χ1n) is 9.38. The molecule has 2 aromatic rings. The number of nitrogens with one attached hydrogen (secondary N) is 1. The molecular weight excluding hydrogens is 354 g/mol. The van der Waals surface area contributed by atoms with E-state index in [9.17, 15) is 14.4 Å². The Morgan fingerprint density at radius 3 is 2.32 bits per heavy atom. The first-order chi connectivity index (χ1) is 13.3. The van der Waals surface area contributed by atoms with E-state index < -0.39 is 17.5 Å². The summed E-state index contributed by atoms with van der Waals surface area (Å²) in [5.41, 5.74) is 1.60. The maximum atomic E-state index is 13.0. The molecule has 0 bridgehead atoms. The number of amides is 4. The normalized spacial score (nSPS) is 18.9. The minimum Gasteiger partial charge on any atom is -0.337 e. The molecule has 1 atom stereocenters. The second-order valence-electron chi connectivity index (χ2n) is 7.21. The largest absolute Gasteiger partial charge is 0.337 e. The van der Waals surface area contributed by atoms with Crippen molar-refractivity contribution in [3.63, 3.8) is 0 Å². The summed E-state index contributed by atoms with van der Waals surface area (Å²) in [7, 11) is 0. The molecule has 1 aliphatic rings. The summed E-state index contributed by atoms with van der Waals surface area (Å²) in [6, 6.07) is 16.5. The second kappa shape index (κ2) is 7.84. The van der Waals surface area contributed by atoms with E-state index >= 15 is 0 Å². The van der Waals surface area contributed by atoms with Crippen LogP contribution in [0, 0.1) is 6.92 Å². The SMILES string of the molecule is CCN(Cc1ccccc1)C(=O)CN1C(=O)N[C@](C)(c2ccc(C)cc2)C1=O. The molecule has 0 saturated carbocycles. The van der Waals surface area contributed by atoms with Crippen LogP contribution in [0.5, 0.6) is 0 Å². The molecule has 6 heteroatoms. The fourth-order valence-electron chi connectivity index (χ4n) is 3.34. The second-order valence-corrected chi connectivity index (χ2v) is 7.21. The lowest BCUT2D eigenvalue weighted by atomic mass is 9.91. The van der Waals surface area contributed by atoms with E-state index in [2.05, 4.69) is 5.32 Å². The Hall–Kier alpha value is -3.15. The summed E-state index contributed by atoms with van der Waals surface area (Å²) in [4.78, 5) is 40.9. The van der Waals surface area contributed by atoms with Crippen molar-refractivity contribution in [1.82, 2.24) is 15.1 Å². The van der Waals surface area contributed by atoms with Crippen molar-refractivity contribution >= 4 is 17.8 Å². The maximum absolute atomic E-state index is 13.0. The topological polar surface area (TPSA) is 69.7 Å². The third-order valence-corrected chi connectivity index (χ3v) is 5.15. The van der Waals surface area contributed by atoms with Gasteiger partial charge >= 0.3 is 6.03 Å². The van der Waals surface area contributed by atoms with Gasteiger partial charge in [0.1, 0.15) is 12.1 Å². The molecule has 3 rings (SSSR count). The molecule has 0 spiro atoms. The fourth-order valence-corrected chi connectivity index (χ4v) is 3.34. The molecule has 1 saturated heterocycles. The molecule has 4 amide bonds. The Kier molecular flexibility index (Phi) is 5.49. The van der Waals surface area contributed by atoms with Gasteiger partial charge in [0.2, 0.25) is 5.91 Å². The smallest absolute Gasteiger partial charge is 0.325 e. The number of benzene rings is 2. The van der Waals surface area contributed by atoms with Gasteiger partial charge < -0.3 is 10.2 Å². The van der Waals surface area contributed by atoms with Crippen LogP contribution in [0.15, 0.2) is 54.6 Å². The minimum absolute atomic E-state index is 0.261. The van der Waals surface area contributed by atoms with Gasteiger partial charge in [-0.25, -0.2) is 4.79 Å². The van der Waals surface area contributed by atoms with Crippen LogP contribution >= 0.6 is 0 Å². The fraction of sp³-hybridized carbons (Fsp3) is 0.318. The molecular formula is C22H25N3O3. The highest BCUT2D eigenvalue weighted by Gasteiger charge is 2.49. The van der Waals surface area contributed by atoms with Crippen molar-refractivity contribution in [1.29, 1.82) is 0 Å². The monoisotopic (exact) mass is 379 g/mol. The molecule has 1 heterocycles. The molecule has 1 aliphatic heterocycles. The van der Waals surface area contributed by atoms with Gasteiger partial charge in [-0.2, -0.15) is 0 Å². The first-order valence-corrected chi connectivity index (χ1v) is 9.38. The Labute approximate surface area is 165 Å². The van der Waals surface area contributed by atoms with Crippen LogP contribution in [0.4, 0.5) is 4.79 Å². The lowest BCUT2D eigenvalue weighted by molar-refractivity contribution is -0.139. The molecule has 146 valence electrons. The average Bonchev–Trinajstić information content (AvgIpc) is 2.91. The number of likely N-dealkylation sites (N-methyl/N-ethyl adjacent to an activating group) is 1. The molecule has 1 N–H and O–H groups in total. The van der Waals surface area contributed by atoms with Crippen molar-refractivity contribution in [3.8, 4) is 0 Å². The molecule has 0 aliphatic carbocycles. The summed E-state index contributed by atoms with van der Waals surface area (Å²) in [5.74, 6) is -0.673. The van der Waals surface area contributed by atoms with E-state index in [-0.39, 0.29) is 12.5 Å². The van der Waals surface area contributed by atoms with Crippen LogP contribution < -0.4 is 5.32 Å². The van der Waals surface area contributed by atoms with Crippen LogP contribution in [0.1, 0.15) is 30.5 Å². The van der Waals surface area contributed by atoms with Gasteiger partial charge in [0.05, 0.1) is 0 Å². The number of rotatable bonds is 6. The van der Waals surface area contributed by atoms with E-state index in [0.29, 0.717) is 18.7 Å². The van der Waals surface area contributed by atoms with Gasteiger partial charge in [-0.15, -0.1) is 0 Å². The molecule has 0 unspecified atom stereocenters. The number of hydrogen-bond donors (Lipinski definition) is 1. The van der Waals surface area contributed by atoms with Crippen LogP contribution in [-0.2, 0) is 21.7 Å². The zero-order valence-corrected chi connectivity index (χ0v) is 16.4. The lowest BCUT2D eigenvalue weighted by Gasteiger charge is -2.25. The summed E-state index contributed by atoms with van der Waals surface area (Å²) >= 11 is 0. The number of carbonyl (C=O) groups excluding carboxylic acids is 3. The third-order valence-electron chi connectivity index (χ3n) is 5.15. The quantitative estimate of drug-likeness (QED) is 0.785. The minimum atomic E-state index is -1.17. The molecule has 0 aromatic heterocycles. The number of aryl methyl sites for hydroxylation is 1. The molecule has 1 fully saturated rings. The molecule has 28 heavy (non-hydrogen) atoms. The van der Waals surface area contributed by atoms with Gasteiger partial charge in [0.15, 0.2) is 0 Å². The number of nitrogens with zero attached hydrogens (tertiary/aromatic N) is 2. The summed E-state index contributed by atoms with van der Waals surface area (Å²) in [6.45, 7) is 6.17. The van der Waals surface area contributed by atoms with E-state index in [1.165, 1.54) is 0 Å². The number of hydrogen-bond acceptors (Lipinski definition) is 3. The first kappa shape index (κ1) is 19.6. The van der Waals surface area contributed by atoms with Crippen LogP contribution in [0.3, 0.4) is 0 Å². The number of imide groups is 1. The van der Waals surface area contributed by atoms with E-state index in [1.54, 1.807) is 11.8 Å². The predicted octanol–water partition coefficient (Wildman–Crippen LogP) is 2.81. The van der Waals surface area contributed by atoms with Crippen LogP contribution in [0.2, 0.25) is 0 Å². The van der Waals surface area contributed by atoms with Gasteiger partial charge in [-0.05, 0) is 31.9 Å². The highest BCUT2D eigenvalue weighted by Crippen LogP contribution is 2.29. The van der Waals surface area contributed by atoms with Gasteiger partial charge in [-0.1, -0.05) is 60.2 Å². The number of carbonyl (C=O) groups is 3. The van der Waals surface area contributed by atoms with Crippen LogP contribution in [-0.4, -0.2) is 40.7 Å². The van der Waals surface area contributed by atoms with Crippen molar-refractivity contribution in [2.45, 2.75) is 32.9 Å². The zero-order valence-electron chi connectivity index (χ0n) is 16.4. The van der Waals surface area contributed by atoms with Crippen molar-refractivity contribution < 1.29 is 14.4 Å². The highest BCUT2D eigenvalue weighted by molar-refractivity contribution is 6.09. The van der Waals surface area contributed by atoms with Crippen molar-refractivity contribution in [2.75, 3.05) is 13.1 Å². The Morgan fingerprint density at radius 2 is 1.71 bits per heavy atom. The molecule has 6 nitrogen and oxygen atoms in total. The Bertz CT molecular complexity index is 880. The standard InChI is InChI=1S/C22H25N3O3/c1-4-24(14-17-8-6-5-7-9-17)19(26)15-25-20(27)22(3,23-21(25)28)18-12-10-16(2)11-13-18/h5-13H,4,14-15H2,1-3H3,(H,23,28)/t22-/m1/s1. The molecule has 2 aromatic carbocycles. The Balaban J connectivity index is 1.74. The van der Waals surface area contributed by atoms with Gasteiger partial charge in [0, 0.05) is 13.1 Å². The maximum Gasteiger partial charge on any atom is 0.325 e. The predicted molar refractivity (Wildman–Crippen MR) is 106 cm³/mol. The van der Waals surface area contributed by atoms with E-state index in [4.69, 9.17) is 0 Å². The summed E-state index contributed by atoms with van der Waals surface area (Å²) in [5, 5.41) is 2.74. The van der Waals surface area contributed by atoms with E-state index in [0.717, 1.165) is 16.0 Å².